The fourth-order valence-corrected chi connectivity index (χ4v) is 3.65. The van der Waals surface area contributed by atoms with Crippen molar-refractivity contribution in [3.05, 3.63) is 83.9 Å². The summed E-state index contributed by atoms with van der Waals surface area (Å²) in [5.74, 6) is 0.700. The number of aliphatic hydroxyl groups is 1. The number of hydrogen-bond acceptors (Lipinski definition) is 6. The van der Waals surface area contributed by atoms with Crippen LogP contribution >= 0.6 is 0 Å². The lowest BCUT2D eigenvalue weighted by Crippen LogP contribution is -2.25. The zero-order valence-electron chi connectivity index (χ0n) is 17.8. The van der Waals surface area contributed by atoms with Gasteiger partial charge in [-0.15, -0.1) is 0 Å². The molecule has 2 aromatic carbocycles. The first-order valence-corrected chi connectivity index (χ1v) is 10.5. The van der Waals surface area contributed by atoms with Crippen LogP contribution in [0.4, 0.5) is 5.82 Å². The molecule has 2 aromatic heterocycles. The number of imidazole rings is 1. The number of aromatic nitrogens is 4. The second kappa shape index (κ2) is 9.24. The number of benzene rings is 2. The molecule has 7 heteroatoms. The van der Waals surface area contributed by atoms with E-state index in [0.29, 0.717) is 23.7 Å². The number of aliphatic hydroxyl groups excluding tert-OH is 1. The molecular formula is C24H28N6O. The minimum absolute atomic E-state index is 0.157. The molecule has 0 bridgehead atoms. The summed E-state index contributed by atoms with van der Waals surface area (Å²) in [6.07, 6.45) is 1.78. The average Bonchev–Trinajstić information content (AvgIpc) is 3.24. The van der Waals surface area contributed by atoms with E-state index in [1.54, 1.807) is 6.33 Å². The molecule has 160 valence electrons. The van der Waals surface area contributed by atoms with Gasteiger partial charge in [-0.1, -0.05) is 60.7 Å². The molecule has 7 nitrogen and oxygen atoms in total. The molecule has 2 unspecified atom stereocenters. The van der Waals surface area contributed by atoms with Crippen molar-refractivity contribution in [2.24, 2.45) is 5.73 Å². The van der Waals surface area contributed by atoms with Crippen LogP contribution < -0.4 is 11.1 Å². The molecule has 4 rings (SSSR count). The van der Waals surface area contributed by atoms with Crippen LogP contribution in [0.2, 0.25) is 0 Å². The van der Waals surface area contributed by atoms with Crippen molar-refractivity contribution in [2.75, 3.05) is 11.9 Å². The van der Waals surface area contributed by atoms with Crippen molar-refractivity contribution >= 4 is 17.0 Å². The number of nitrogens with zero attached hydrogens (tertiary/aromatic N) is 4. The fraction of sp³-hybridized carbons (Fsp3) is 0.292. The average molecular weight is 417 g/mol. The molecular weight excluding hydrogens is 388 g/mol. The first-order chi connectivity index (χ1) is 15.1. The highest BCUT2D eigenvalue weighted by atomic mass is 16.3. The molecule has 31 heavy (non-hydrogen) atoms. The number of nitrogens with one attached hydrogen (secondary N) is 1. The molecule has 4 N–H and O–H groups in total. The normalized spacial score (nSPS) is 13.5. The van der Waals surface area contributed by atoms with E-state index in [0.717, 1.165) is 16.8 Å². The highest BCUT2D eigenvalue weighted by Gasteiger charge is 2.26. The fourth-order valence-electron chi connectivity index (χ4n) is 3.65. The molecule has 0 saturated carbocycles. The van der Waals surface area contributed by atoms with E-state index < -0.39 is 12.0 Å². The molecule has 0 fully saturated rings. The number of fused-ring (bicyclic) bond motifs is 1. The van der Waals surface area contributed by atoms with Crippen molar-refractivity contribution in [1.82, 2.24) is 19.5 Å². The largest absolute Gasteiger partial charge is 0.396 e. The molecule has 0 spiro atoms. The van der Waals surface area contributed by atoms with Crippen molar-refractivity contribution in [2.45, 2.75) is 38.4 Å². The van der Waals surface area contributed by atoms with E-state index in [4.69, 9.17) is 15.7 Å². The molecule has 0 aliphatic carbocycles. The van der Waals surface area contributed by atoms with E-state index in [1.807, 2.05) is 53.1 Å². The van der Waals surface area contributed by atoms with Crippen LogP contribution in [0.1, 0.15) is 48.8 Å². The van der Waals surface area contributed by atoms with Crippen molar-refractivity contribution in [3.63, 3.8) is 0 Å². The van der Waals surface area contributed by atoms with Gasteiger partial charge in [-0.2, -0.15) is 0 Å². The number of hydrogen-bond donors (Lipinski definition) is 3. The predicted molar refractivity (Wildman–Crippen MR) is 123 cm³/mol. The van der Waals surface area contributed by atoms with Gasteiger partial charge in [0.05, 0.1) is 18.9 Å². The Morgan fingerprint density at radius 2 is 1.68 bits per heavy atom. The van der Waals surface area contributed by atoms with Gasteiger partial charge < -0.3 is 20.7 Å². The third kappa shape index (κ3) is 4.42. The maximum Gasteiger partial charge on any atom is 0.166 e. The summed E-state index contributed by atoms with van der Waals surface area (Å²) in [5, 5.41) is 13.6. The number of rotatable bonds is 8. The van der Waals surface area contributed by atoms with E-state index in [1.165, 1.54) is 0 Å². The van der Waals surface area contributed by atoms with Gasteiger partial charge >= 0.3 is 0 Å². The third-order valence-electron chi connectivity index (χ3n) is 5.44. The van der Waals surface area contributed by atoms with Crippen LogP contribution in [0.25, 0.3) is 11.2 Å². The molecule has 0 radical (unpaired) electrons. The Bertz CT molecular complexity index is 1130. The highest BCUT2D eigenvalue weighted by molar-refractivity contribution is 5.83. The van der Waals surface area contributed by atoms with Crippen LogP contribution in [0, 0.1) is 0 Å². The predicted octanol–water partition coefficient (Wildman–Crippen LogP) is 3.80. The SMILES string of the molecule is CC(C)n1cnc2c(NCc3ccccc3)nc(C(CO)C(N)c3ccccc3)nc21. The Hall–Kier alpha value is -3.29. The molecule has 0 aliphatic rings. The van der Waals surface area contributed by atoms with Gasteiger partial charge in [0.2, 0.25) is 0 Å². The second-order valence-corrected chi connectivity index (χ2v) is 7.91. The van der Waals surface area contributed by atoms with Crippen LogP contribution in [-0.4, -0.2) is 31.2 Å². The highest BCUT2D eigenvalue weighted by Crippen LogP contribution is 2.30. The lowest BCUT2D eigenvalue weighted by atomic mass is 9.93. The first kappa shape index (κ1) is 21.0. The second-order valence-electron chi connectivity index (χ2n) is 7.91. The van der Waals surface area contributed by atoms with E-state index in [2.05, 4.69) is 36.3 Å². The summed E-state index contributed by atoms with van der Waals surface area (Å²) in [5.41, 5.74) is 10.0. The van der Waals surface area contributed by atoms with Crippen LogP contribution in [-0.2, 0) is 6.54 Å². The molecule has 0 aliphatic heterocycles. The first-order valence-electron chi connectivity index (χ1n) is 10.5. The molecule has 0 saturated heterocycles. The Balaban J connectivity index is 1.76. The van der Waals surface area contributed by atoms with Crippen molar-refractivity contribution in [1.29, 1.82) is 0 Å². The van der Waals surface area contributed by atoms with Crippen molar-refractivity contribution < 1.29 is 5.11 Å². The summed E-state index contributed by atoms with van der Waals surface area (Å²) in [6, 6.07) is 19.6. The maximum atomic E-state index is 10.2. The Morgan fingerprint density at radius 3 is 2.32 bits per heavy atom. The molecule has 0 amide bonds. The zero-order valence-corrected chi connectivity index (χ0v) is 17.8. The Labute approximate surface area is 182 Å². The summed E-state index contributed by atoms with van der Waals surface area (Å²) >= 11 is 0. The molecule has 4 aromatic rings. The van der Waals surface area contributed by atoms with E-state index in [-0.39, 0.29) is 12.6 Å². The van der Waals surface area contributed by atoms with Gasteiger partial charge in [0.15, 0.2) is 11.5 Å². The summed E-state index contributed by atoms with van der Waals surface area (Å²) in [6.45, 7) is 4.61. The minimum Gasteiger partial charge on any atom is -0.396 e. The number of anilines is 1. The lowest BCUT2D eigenvalue weighted by Gasteiger charge is -2.22. The van der Waals surface area contributed by atoms with Gasteiger partial charge in [-0.25, -0.2) is 15.0 Å². The molecule has 2 atom stereocenters. The monoisotopic (exact) mass is 416 g/mol. The van der Waals surface area contributed by atoms with Crippen LogP contribution in [0.5, 0.6) is 0 Å². The lowest BCUT2D eigenvalue weighted by molar-refractivity contribution is 0.243. The molecule has 2 heterocycles. The topological polar surface area (TPSA) is 102 Å². The summed E-state index contributed by atoms with van der Waals surface area (Å²) in [4.78, 5) is 14.1. The van der Waals surface area contributed by atoms with Crippen LogP contribution in [0.3, 0.4) is 0 Å². The third-order valence-corrected chi connectivity index (χ3v) is 5.44. The van der Waals surface area contributed by atoms with Crippen molar-refractivity contribution in [3.8, 4) is 0 Å². The minimum atomic E-state index is -0.445. The standard InChI is InChI=1S/C24H28N6O/c1-16(2)30-15-27-21-23(26-13-17-9-5-3-6-10-17)28-22(29-24(21)30)19(14-31)20(25)18-11-7-4-8-12-18/h3-12,15-16,19-20,31H,13-14,25H2,1-2H3,(H,26,28,29). The van der Waals surface area contributed by atoms with Gasteiger partial charge in [-0.3, -0.25) is 0 Å². The quantitative estimate of drug-likeness (QED) is 0.404. The van der Waals surface area contributed by atoms with Gasteiger partial charge in [0, 0.05) is 18.6 Å². The van der Waals surface area contributed by atoms with Gasteiger partial charge in [0.25, 0.3) is 0 Å². The Kier molecular flexibility index (Phi) is 6.25. The van der Waals surface area contributed by atoms with E-state index >= 15 is 0 Å². The zero-order chi connectivity index (χ0) is 21.8. The summed E-state index contributed by atoms with van der Waals surface area (Å²) in [7, 11) is 0. The number of nitrogens with two attached hydrogens (primary N) is 1. The van der Waals surface area contributed by atoms with Gasteiger partial charge in [-0.05, 0) is 25.0 Å². The summed E-state index contributed by atoms with van der Waals surface area (Å²) < 4.78 is 2.01. The van der Waals surface area contributed by atoms with E-state index in [9.17, 15) is 5.11 Å². The van der Waals surface area contributed by atoms with Crippen LogP contribution in [0.15, 0.2) is 67.0 Å². The smallest absolute Gasteiger partial charge is 0.166 e. The Morgan fingerprint density at radius 1 is 1.00 bits per heavy atom. The maximum absolute atomic E-state index is 10.2. The van der Waals surface area contributed by atoms with Gasteiger partial charge in [0.1, 0.15) is 11.3 Å².